The number of ether oxygens (including phenoxy) is 1. The summed E-state index contributed by atoms with van der Waals surface area (Å²) in [7, 11) is 1.53. The lowest BCUT2D eigenvalue weighted by Gasteiger charge is -2.23. The highest BCUT2D eigenvalue weighted by Crippen LogP contribution is 2.32. The van der Waals surface area contributed by atoms with E-state index in [4.69, 9.17) is 4.74 Å². The molecule has 0 radical (unpaired) electrons. The highest BCUT2D eigenvalue weighted by atomic mass is 16.5. The van der Waals surface area contributed by atoms with E-state index in [1.165, 1.54) is 7.11 Å². The molecule has 7 nitrogen and oxygen atoms in total. The van der Waals surface area contributed by atoms with Gasteiger partial charge in [0.2, 0.25) is 0 Å². The van der Waals surface area contributed by atoms with Crippen molar-refractivity contribution in [1.82, 2.24) is 14.7 Å². The Hall–Kier alpha value is -3.45. The number of aromatic nitrogens is 2. The van der Waals surface area contributed by atoms with Crippen molar-refractivity contribution in [1.29, 1.82) is 0 Å². The quantitative estimate of drug-likeness (QED) is 0.539. The average molecular weight is 406 g/mol. The number of nitrogens with one attached hydrogen (secondary N) is 1. The third-order valence-corrected chi connectivity index (χ3v) is 4.99. The topological polar surface area (TPSA) is 76.5 Å². The number of anilines is 1. The first-order valence-electron chi connectivity index (χ1n) is 9.74. The Morgan fingerprint density at radius 2 is 2.03 bits per heavy atom. The van der Waals surface area contributed by atoms with Crippen LogP contribution in [0, 0.1) is 0 Å². The van der Waals surface area contributed by atoms with Crippen molar-refractivity contribution >= 4 is 17.6 Å². The Kier molecular flexibility index (Phi) is 6.64. The third-order valence-electron chi connectivity index (χ3n) is 4.99. The number of nitrogens with zero attached hydrogens (tertiary/aromatic N) is 3. The predicted molar refractivity (Wildman–Crippen MR) is 115 cm³/mol. The number of hydrogen-bond acceptors (Lipinski definition) is 4. The van der Waals surface area contributed by atoms with Gasteiger partial charge in [0, 0.05) is 24.8 Å². The van der Waals surface area contributed by atoms with Crippen LogP contribution in [0.4, 0.5) is 5.82 Å². The number of benzene rings is 1. The zero-order valence-electron chi connectivity index (χ0n) is 17.3. The van der Waals surface area contributed by atoms with Crippen LogP contribution in [-0.4, -0.2) is 33.6 Å². The van der Waals surface area contributed by atoms with Crippen molar-refractivity contribution in [3.63, 3.8) is 0 Å². The Balaban J connectivity index is 1.80. The fraction of sp³-hybridized carbons (Fsp3) is 0.261. The smallest absolute Gasteiger partial charge is 0.256 e. The van der Waals surface area contributed by atoms with Crippen LogP contribution >= 0.6 is 0 Å². The van der Waals surface area contributed by atoms with Gasteiger partial charge in [-0.2, -0.15) is 5.10 Å². The van der Waals surface area contributed by atoms with Crippen molar-refractivity contribution in [3.05, 3.63) is 84.1 Å². The van der Waals surface area contributed by atoms with E-state index in [1.54, 1.807) is 23.1 Å². The first kappa shape index (κ1) is 21.3. The maximum atomic E-state index is 13.2. The predicted octanol–water partition coefficient (Wildman–Crippen LogP) is 3.37. The van der Waals surface area contributed by atoms with Crippen LogP contribution in [0.5, 0.6) is 0 Å². The maximum absolute atomic E-state index is 13.2. The van der Waals surface area contributed by atoms with Gasteiger partial charge < -0.3 is 15.0 Å². The molecule has 0 saturated carbocycles. The van der Waals surface area contributed by atoms with Gasteiger partial charge in [-0.15, -0.1) is 0 Å². The SMILES string of the molecule is C=C/C=C\C(=C)C(=O)Nc1nn(CC)c2c1CN(C(=O)[C@@H](OC)c1ccccc1)C2. The minimum Gasteiger partial charge on any atom is -0.367 e. The number of methoxy groups -OCH3 is 1. The number of amides is 2. The lowest BCUT2D eigenvalue weighted by molar-refractivity contribution is -0.143. The molecule has 0 unspecified atom stereocenters. The molecule has 1 atom stereocenters. The van der Waals surface area contributed by atoms with E-state index >= 15 is 0 Å². The summed E-state index contributed by atoms with van der Waals surface area (Å²) in [5, 5.41) is 7.31. The number of allylic oxidation sites excluding steroid dienone is 2. The molecule has 1 aliphatic rings. The molecule has 0 saturated heterocycles. The molecule has 1 aromatic carbocycles. The van der Waals surface area contributed by atoms with Gasteiger partial charge in [0.05, 0.1) is 18.8 Å². The molecule has 30 heavy (non-hydrogen) atoms. The molecule has 2 amide bonds. The Labute approximate surface area is 176 Å². The maximum Gasteiger partial charge on any atom is 0.256 e. The molecular weight excluding hydrogens is 380 g/mol. The molecule has 2 aromatic rings. The van der Waals surface area contributed by atoms with Gasteiger partial charge >= 0.3 is 0 Å². The summed E-state index contributed by atoms with van der Waals surface area (Å²) in [6.45, 7) is 10.7. The molecule has 0 fully saturated rings. The number of carbonyl (C=O) groups is 2. The highest BCUT2D eigenvalue weighted by Gasteiger charge is 2.34. The molecule has 0 aliphatic carbocycles. The van der Waals surface area contributed by atoms with Crippen molar-refractivity contribution < 1.29 is 14.3 Å². The molecule has 156 valence electrons. The van der Waals surface area contributed by atoms with E-state index in [9.17, 15) is 9.59 Å². The first-order valence-corrected chi connectivity index (χ1v) is 9.74. The second-order valence-corrected chi connectivity index (χ2v) is 6.88. The van der Waals surface area contributed by atoms with Crippen LogP contribution < -0.4 is 5.32 Å². The molecule has 1 aromatic heterocycles. The van der Waals surface area contributed by atoms with Gasteiger partial charge in [0.15, 0.2) is 11.9 Å². The van der Waals surface area contributed by atoms with Gasteiger partial charge in [0.1, 0.15) is 0 Å². The molecule has 0 spiro atoms. The van der Waals surface area contributed by atoms with Crippen LogP contribution in [0.3, 0.4) is 0 Å². The van der Waals surface area contributed by atoms with E-state index in [0.717, 1.165) is 16.8 Å². The summed E-state index contributed by atoms with van der Waals surface area (Å²) < 4.78 is 7.31. The van der Waals surface area contributed by atoms with E-state index < -0.39 is 6.10 Å². The van der Waals surface area contributed by atoms with Gasteiger partial charge in [-0.3, -0.25) is 14.3 Å². The molecule has 2 heterocycles. The summed E-state index contributed by atoms with van der Waals surface area (Å²) in [4.78, 5) is 27.3. The fourth-order valence-electron chi connectivity index (χ4n) is 3.44. The molecular formula is C23H26N4O3. The normalized spacial score (nSPS) is 13.9. The first-order chi connectivity index (χ1) is 14.5. The summed E-state index contributed by atoms with van der Waals surface area (Å²) in [5.74, 6) is -0.0207. The summed E-state index contributed by atoms with van der Waals surface area (Å²) >= 11 is 0. The standard InChI is InChI=1S/C23H26N4O3/c1-5-7-11-16(3)22(28)24-21-18-14-26(15-19(18)27(6-2)25-21)23(29)20(30-4)17-12-9-8-10-13-17/h5,7-13,20H,1,3,6,14-15H2,2,4H3,(H,24,25,28)/b11-7-/t20-/m0/s1. The minimum absolute atomic E-state index is 0.127. The average Bonchev–Trinajstić information content (AvgIpc) is 3.33. The zero-order chi connectivity index (χ0) is 21.7. The second kappa shape index (κ2) is 9.37. The van der Waals surface area contributed by atoms with E-state index in [-0.39, 0.29) is 11.8 Å². The van der Waals surface area contributed by atoms with Crippen molar-refractivity contribution in [3.8, 4) is 0 Å². The highest BCUT2D eigenvalue weighted by molar-refractivity contribution is 6.05. The molecule has 3 rings (SSSR count). The van der Waals surface area contributed by atoms with Gasteiger partial charge in [0.25, 0.3) is 11.8 Å². The molecule has 7 heteroatoms. The second-order valence-electron chi connectivity index (χ2n) is 6.88. The van der Waals surface area contributed by atoms with Crippen LogP contribution in [0.2, 0.25) is 0 Å². The Bertz CT molecular complexity index is 991. The fourth-order valence-corrected chi connectivity index (χ4v) is 3.44. The van der Waals surface area contributed by atoms with Crippen LogP contribution in [-0.2, 0) is 34.0 Å². The Morgan fingerprint density at radius 1 is 1.30 bits per heavy atom. The zero-order valence-corrected chi connectivity index (χ0v) is 17.3. The van der Waals surface area contributed by atoms with Gasteiger partial charge in [-0.25, -0.2) is 0 Å². The van der Waals surface area contributed by atoms with Crippen LogP contribution in [0.25, 0.3) is 0 Å². The number of carbonyl (C=O) groups excluding carboxylic acids is 2. The Morgan fingerprint density at radius 3 is 2.67 bits per heavy atom. The van der Waals surface area contributed by atoms with E-state index in [2.05, 4.69) is 23.6 Å². The monoisotopic (exact) mass is 406 g/mol. The van der Waals surface area contributed by atoms with Crippen molar-refractivity contribution in [2.24, 2.45) is 0 Å². The lowest BCUT2D eigenvalue weighted by Crippen LogP contribution is -2.32. The van der Waals surface area contributed by atoms with Gasteiger partial charge in [-0.1, -0.05) is 61.7 Å². The number of fused-ring (bicyclic) bond motifs is 1. The number of rotatable bonds is 8. The lowest BCUT2D eigenvalue weighted by atomic mass is 10.1. The summed E-state index contributed by atoms with van der Waals surface area (Å²) in [5.41, 5.74) is 2.85. The van der Waals surface area contributed by atoms with Crippen LogP contribution in [0.1, 0.15) is 29.8 Å². The largest absolute Gasteiger partial charge is 0.367 e. The van der Waals surface area contributed by atoms with Crippen molar-refractivity contribution in [2.75, 3.05) is 12.4 Å². The van der Waals surface area contributed by atoms with E-state index in [0.29, 0.717) is 31.0 Å². The molecule has 1 N–H and O–H groups in total. The number of aryl methyl sites for hydroxylation is 1. The molecule has 0 bridgehead atoms. The summed E-state index contributed by atoms with van der Waals surface area (Å²) in [6.07, 6.45) is 4.12. The number of hydrogen-bond donors (Lipinski definition) is 1. The van der Waals surface area contributed by atoms with Crippen molar-refractivity contribution in [2.45, 2.75) is 32.7 Å². The van der Waals surface area contributed by atoms with E-state index in [1.807, 2.05) is 41.9 Å². The third kappa shape index (κ3) is 4.26. The minimum atomic E-state index is -0.680. The van der Waals surface area contributed by atoms with Crippen LogP contribution in [0.15, 0.2) is 67.3 Å². The van der Waals surface area contributed by atoms with Gasteiger partial charge in [-0.05, 0) is 12.5 Å². The molecule has 1 aliphatic heterocycles. The summed E-state index contributed by atoms with van der Waals surface area (Å²) in [6, 6.07) is 9.40.